The number of anilines is 1. The van der Waals surface area contributed by atoms with Gasteiger partial charge in [0.05, 0.1) is 4.92 Å². The quantitative estimate of drug-likeness (QED) is 0.355. The van der Waals surface area contributed by atoms with E-state index in [0.717, 1.165) is 27.8 Å². The predicted octanol–water partition coefficient (Wildman–Crippen LogP) is 5.58. The van der Waals surface area contributed by atoms with E-state index >= 15 is 0 Å². The van der Waals surface area contributed by atoms with Gasteiger partial charge in [-0.3, -0.25) is 14.9 Å². The van der Waals surface area contributed by atoms with E-state index in [4.69, 9.17) is 4.42 Å². The highest BCUT2D eigenvalue weighted by Gasteiger charge is 2.18. The maximum absolute atomic E-state index is 12.7. The highest BCUT2D eigenvalue weighted by molar-refractivity contribution is 6.06. The lowest BCUT2D eigenvalue weighted by atomic mass is 10.1. The van der Waals surface area contributed by atoms with Crippen molar-refractivity contribution in [2.24, 2.45) is 0 Å². The summed E-state index contributed by atoms with van der Waals surface area (Å²) in [5.41, 5.74) is 5.37. The fourth-order valence-electron chi connectivity index (χ4n) is 3.50. The zero-order valence-corrected chi connectivity index (χ0v) is 16.7. The first-order chi connectivity index (χ1) is 14.3. The van der Waals surface area contributed by atoms with Crippen LogP contribution in [0, 0.1) is 30.9 Å². The Morgan fingerprint density at radius 3 is 2.60 bits per heavy atom. The average molecular weight is 401 g/mol. The van der Waals surface area contributed by atoms with Gasteiger partial charge in [-0.1, -0.05) is 18.2 Å². The Bertz CT molecular complexity index is 1310. The van der Waals surface area contributed by atoms with Crippen LogP contribution in [-0.4, -0.2) is 15.8 Å². The van der Waals surface area contributed by atoms with E-state index in [1.165, 1.54) is 12.1 Å². The molecule has 0 aliphatic heterocycles. The third-order valence-corrected chi connectivity index (χ3v) is 4.93. The number of amides is 1. The number of carbonyl (C=O) groups is 1. The normalized spacial score (nSPS) is 10.9. The summed E-state index contributed by atoms with van der Waals surface area (Å²) in [6, 6.07) is 15.6. The van der Waals surface area contributed by atoms with E-state index in [9.17, 15) is 14.9 Å². The number of nitrogens with one attached hydrogen (secondary N) is 1. The Kier molecular flexibility index (Phi) is 4.79. The average Bonchev–Trinajstić information content (AvgIpc) is 3.12. The first-order valence-corrected chi connectivity index (χ1v) is 9.37. The molecule has 0 fully saturated rings. The number of nitro groups is 1. The zero-order chi connectivity index (χ0) is 21.4. The SMILES string of the molecule is Cc1cc(C)c2oc(-c3cccc(NC(=O)c4cccc([N+](=O)[O-])c4C)c3)nc2c1. The van der Waals surface area contributed by atoms with Crippen molar-refractivity contribution in [1.82, 2.24) is 4.98 Å². The molecule has 1 N–H and O–H groups in total. The minimum absolute atomic E-state index is 0.0893. The summed E-state index contributed by atoms with van der Waals surface area (Å²) in [6.07, 6.45) is 0. The number of rotatable bonds is 4. The summed E-state index contributed by atoms with van der Waals surface area (Å²) >= 11 is 0. The van der Waals surface area contributed by atoms with Crippen molar-refractivity contribution < 1.29 is 14.1 Å². The molecule has 7 nitrogen and oxygen atoms in total. The largest absolute Gasteiger partial charge is 0.436 e. The van der Waals surface area contributed by atoms with Gasteiger partial charge in [0.1, 0.15) is 5.52 Å². The van der Waals surface area contributed by atoms with Crippen LogP contribution < -0.4 is 5.32 Å². The van der Waals surface area contributed by atoms with E-state index in [1.807, 2.05) is 32.0 Å². The number of benzene rings is 3. The molecule has 4 rings (SSSR count). The van der Waals surface area contributed by atoms with Crippen molar-refractivity contribution in [1.29, 1.82) is 0 Å². The number of aryl methyl sites for hydroxylation is 2. The molecule has 4 aromatic rings. The number of hydrogen-bond acceptors (Lipinski definition) is 5. The number of nitrogens with zero attached hydrogens (tertiary/aromatic N) is 2. The van der Waals surface area contributed by atoms with Gasteiger partial charge < -0.3 is 9.73 Å². The molecular weight excluding hydrogens is 382 g/mol. The Morgan fingerprint density at radius 1 is 1.07 bits per heavy atom. The molecule has 0 aliphatic carbocycles. The van der Waals surface area contributed by atoms with Crippen molar-refractivity contribution in [2.75, 3.05) is 5.32 Å². The number of aromatic nitrogens is 1. The molecule has 0 radical (unpaired) electrons. The van der Waals surface area contributed by atoms with Crippen LogP contribution in [0.4, 0.5) is 11.4 Å². The molecule has 0 bridgehead atoms. The highest BCUT2D eigenvalue weighted by Crippen LogP contribution is 2.29. The molecule has 1 amide bonds. The third-order valence-electron chi connectivity index (χ3n) is 4.93. The number of oxazole rings is 1. The summed E-state index contributed by atoms with van der Waals surface area (Å²) in [7, 11) is 0. The van der Waals surface area contributed by atoms with E-state index in [0.29, 0.717) is 17.1 Å². The molecule has 0 atom stereocenters. The fourth-order valence-corrected chi connectivity index (χ4v) is 3.50. The van der Waals surface area contributed by atoms with Gasteiger partial charge in [-0.25, -0.2) is 4.98 Å². The Hall–Kier alpha value is -4.00. The maximum atomic E-state index is 12.7. The number of fused-ring (bicyclic) bond motifs is 1. The van der Waals surface area contributed by atoms with Gasteiger partial charge in [0.25, 0.3) is 11.6 Å². The van der Waals surface area contributed by atoms with E-state index in [-0.39, 0.29) is 11.3 Å². The topological polar surface area (TPSA) is 98.3 Å². The number of nitro benzene ring substituents is 1. The van der Waals surface area contributed by atoms with Crippen LogP contribution in [0.25, 0.3) is 22.6 Å². The van der Waals surface area contributed by atoms with Gasteiger partial charge >= 0.3 is 0 Å². The van der Waals surface area contributed by atoms with Crippen molar-refractivity contribution in [3.8, 4) is 11.5 Å². The van der Waals surface area contributed by atoms with Gasteiger partial charge in [0, 0.05) is 28.4 Å². The van der Waals surface area contributed by atoms with E-state index in [1.54, 1.807) is 31.2 Å². The molecule has 1 aromatic heterocycles. The zero-order valence-electron chi connectivity index (χ0n) is 16.7. The molecule has 7 heteroatoms. The molecule has 3 aromatic carbocycles. The third kappa shape index (κ3) is 3.53. The second-order valence-electron chi connectivity index (χ2n) is 7.19. The number of hydrogen-bond donors (Lipinski definition) is 1. The second kappa shape index (κ2) is 7.44. The molecule has 0 saturated carbocycles. The van der Waals surface area contributed by atoms with Gasteiger partial charge in [-0.15, -0.1) is 0 Å². The summed E-state index contributed by atoms with van der Waals surface area (Å²) < 4.78 is 5.95. The van der Waals surface area contributed by atoms with Crippen LogP contribution in [0.5, 0.6) is 0 Å². The molecule has 0 unspecified atom stereocenters. The van der Waals surface area contributed by atoms with Crippen LogP contribution in [0.3, 0.4) is 0 Å². The minimum atomic E-state index is -0.496. The first kappa shape index (κ1) is 19.3. The van der Waals surface area contributed by atoms with Gasteiger partial charge in [0.15, 0.2) is 5.58 Å². The van der Waals surface area contributed by atoms with Crippen molar-refractivity contribution in [3.63, 3.8) is 0 Å². The van der Waals surface area contributed by atoms with Crippen LogP contribution in [0.2, 0.25) is 0 Å². The first-order valence-electron chi connectivity index (χ1n) is 9.37. The van der Waals surface area contributed by atoms with Crippen molar-refractivity contribution >= 4 is 28.4 Å². The van der Waals surface area contributed by atoms with Gasteiger partial charge in [0.2, 0.25) is 5.89 Å². The summed E-state index contributed by atoms with van der Waals surface area (Å²) in [5.74, 6) is 0.0405. The summed E-state index contributed by atoms with van der Waals surface area (Å²) in [4.78, 5) is 27.9. The Morgan fingerprint density at radius 2 is 1.83 bits per heavy atom. The molecule has 0 spiro atoms. The predicted molar refractivity (Wildman–Crippen MR) is 115 cm³/mol. The van der Waals surface area contributed by atoms with Crippen molar-refractivity contribution in [2.45, 2.75) is 20.8 Å². The van der Waals surface area contributed by atoms with Crippen LogP contribution >= 0.6 is 0 Å². The monoisotopic (exact) mass is 401 g/mol. The van der Waals surface area contributed by atoms with Crippen molar-refractivity contribution in [3.05, 3.63) is 87.0 Å². The number of carbonyl (C=O) groups excluding carboxylic acids is 1. The smallest absolute Gasteiger partial charge is 0.273 e. The Labute approximate surface area is 172 Å². The minimum Gasteiger partial charge on any atom is -0.436 e. The summed E-state index contributed by atoms with van der Waals surface area (Å²) in [6.45, 7) is 5.54. The maximum Gasteiger partial charge on any atom is 0.273 e. The van der Waals surface area contributed by atoms with Crippen LogP contribution in [0.1, 0.15) is 27.0 Å². The second-order valence-corrected chi connectivity index (χ2v) is 7.19. The molecular formula is C23H19N3O4. The standard InChI is InChI=1S/C23H19N3O4/c1-13-10-14(2)21-19(11-13)25-23(30-21)16-6-4-7-17(12-16)24-22(27)18-8-5-9-20(15(18)3)26(28)29/h4-12H,1-3H3,(H,24,27). The fraction of sp³-hybridized carbons (Fsp3) is 0.130. The van der Waals surface area contributed by atoms with E-state index < -0.39 is 10.8 Å². The molecule has 150 valence electrons. The lowest BCUT2D eigenvalue weighted by molar-refractivity contribution is -0.385. The lowest BCUT2D eigenvalue weighted by Crippen LogP contribution is -2.14. The highest BCUT2D eigenvalue weighted by atomic mass is 16.6. The molecule has 0 saturated heterocycles. The lowest BCUT2D eigenvalue weighted by Gasteiger charge is -2.08. The molecule has 0 aliphatic rings. The molecule has 30 heavy (non-hydrogen) atoms. The van der Waals surface area contributed by atoms with Crippen LogP contribution in [-0.2, 0) is 0 Å². The van der Waals surface area contributed by atoms with Crippen LogP contribution in [0.15, 0.2) is 59.0 Å². The van der Waals surface area contributed by atoms with Gasteiger partial charge in [-0.2, -0.15) is 0 Å². The van der Waals surface area contributed by atoms with Gasteiger partial charge in [-0.05, 0) is 62.2 Å². The molecule has 1 heterocycles. The Balaban J connectivity index is 1.65. The summed E-state index contributed by atoms with van der Waals surface area (Å²) in [5, 5.41) is 13.9. The van der Waals surface area contributed by atoms with E-state index in [2.05, 4.69) is 10.3 Å².